The van der Waals surface area contributed by atoms with E-state index in [-0.39, 0.29) is 12.5 Å². The number of ether oxygens (including phenoxy) is 2. The van der Waals surface area contributed by atoms with Crippen LogP contribution >= 0.6 is 11.8 Å². The number of aliphatic hydroxyl groups is 1. The summed E-state index contributed by atoms with van der Waals surface area (Å²) >= 11 is 1.63. The molecule has 0 saturated heterocycles. The number of hydrogen-bond acceptors (Lipinski definition) is 6. The highest BCUT2D eigenvalue weighted by Gasteiger charge is 2.24. The maximum absolute atomic E-state index is 12.9. The maximum Gasteiger partial charge on any atom is 0.410 e. The molecular weight excluding hydrogens is 510 g/mol. The predicted octanol–water partition coefficient (Wildman–Crippen LogP) is 7.15. The first kappa shape index (κ1) is 30.3. The van der Waals surface area contributed by atoms with E-state index in [4.69, 9.17) is 9.47 Å². The van der Waals surface area contributed by atoms with Gasteiger partial charge in [0.2, 0.25) is 0 Å². The lowest BCUT2D eigenvalue weighted by atomic mass is 10.0. The minimum Gasteiger partial charge on any atom is -0.465 e. The van der Waals surface area contributed by atoms with E-state index in [0.717, 1.165) is 27.1 Å². The number of carbonyl (C=O) groups is 2. The van der Waals surface area contributed by atoms with Gasteiger partial charge >= 0.3 is 12.1 Å². The Morgan fingerprint density at radius 2 is 1.59 bits per heavy atom. The van der Waals surface area contributed by atoms with Crippen molar-refractivity contribution >= 4 is 23.8 Å². The Labute approximate surface area is 236 Å². The number of methoxy groups -OCH3 is 1. The molecule has 1 unspecified atom stereocenters. The molecule has 0 heterocycles. The van der Waals surface area contributed by atoms with Gasteiger partial charge in [-0.2, -0.15) is 0 Å². The van der Waals surface area contributed by atoms with Crippen LogP contribution < -0.4 is 0 Å². The monoisotopic (exact) mass is 549 g/mol. The summed E-state index contributed by atoms with van der Waals surface area (Å²) in [6, 6.07) is 23.3. The zero-order chi connectivity index (χ0) is 28.6. The normalized spacial score (nSPS) is 12.2. The summed E-state index contributed by atoms with van der Waals surface area (Å²) in [4.78, 5) is 27.6. The number of hydrogen-bond donors (Lipinski definition) is 1. The molecule has 0 aliphatic rings. The molecule has 7 heteroatoms. The topological polar surface area (TPSA) is 76.1 Å². The summed E-state index contributed by atoms with van der Waals surface area (Å²) in [7, 11) is 1.39. The first-order chi connectivity index (χ1) is 18.5. The molecule has 39 heavy (non-hydrogen) atoms. The van der Waals surface area contributed by atoms with Crippen LogP contribution in [0.2, 0.25) is 0 Å². The largest absolute Gasteiger partial charge is 0.465 e. The average molecular weight is 550 g/mol. The van der Waals surface area contributed by atoms with Crippen molar-refractivity contribution in [2.45, 2.75) is 62.9 Å². The van der Waals surface area contributed by atoms with Crippen molar-refractivity contribution in [1.29, 1.82) is 0 Å². The summed E-state index contributed by atoms with van der Waals surface area (Å²) in [5.74, 6) is -0.341. The molecule has 208 valence electrons. The number of esters is 1. The SMILES string of the molecule is COC(=O)c1ccc(-c2ccc(CCN(CC(O)c3ccccc3)C(=O)OC(C)(C)C)cc2)cc1SC(C)C. The number of amides is 1. The molecule has 3 aromatic carbocycles. The van der Waals surface area contributed by atoms with Gasteiger partial charge in [0.25, 0.3) is 0 Å². The Hall–Kier alpha value is -3.29. The summed E-state index contributed by atoms with van der Waals surface area (Å²) in [5.41, 5.74) is 3.79. The van der Waals surface area contributed by atoms with E-state index in [9.17, 15) is 14.7 Å². The minimum atomic E-state index is -0.813. The van der Waals surface area contributed by atoms with Crippen molar-refractivity contribution in [3.8, 4) is 11.1 Å². The molecule has 0 aliphatic carbocycles. The average Bonchev–Trinajstić information content (AvgIpc) is 2.90. The van der Waals surface area contributed by atoms with Crippen LogP contribution in [0.1, 0.15) is 62.2 Å². The lowest BCUT2D eigenvalue weighted by Crippen LogP contribution is -2.40. The van der Waals surface area contributed by atoms with Crippen molar-refractivity contribution in [1.82, 2.24) is 4.90 Å². The van der Waals surface area contributed by atoms with Crippen LogP contribution in [0.5, 0.6) is 0 Å². The Bertz CT molecular complexity index is 1240. The Balaban J connectivity index is 1.75. The molecule has 1 amide bonds. The van der Waals surface area contributed by atoms with Crippen LogP contribution in [-0.4, -0.2) is 53.1 Å². The highest BCUT2D eigenvalue weighted by Crippen LogP contribution is 2.32. The number of thioether (sulfide) groups is 1. The van der Waals surface area contributed by atoms with Crippen LogP contribution in [-0.2, 0) is 15.9 Å². The molecule has 0 aliphatic heterocycles. The molecule has 0 aromatic heterocycles. The summed E-state index contributed by atoms with van der Waals surface area (Å²) < 4.78 is 10.6. The van der Waals surface area contributed by atoms with Gasteiger partial charge in [0.05, 0.1) is 25.3 Å². The van der Waals surface area contributed by atoms with E-state index in [0.29, 0.717) is 23.8 Å². The Kier molecular flexibility index (Phi) is 10.6. The highest BCUT2D eigenvalue weighted by atomic mass is 32.2. The van der Waals surface area contributed by atoms with Gasteiger partial charge < -0.3 is 19.5 Å². The van der Waals surface area contributed by atoms with Crippen LogP contribution in [0.3, 0.4) is 0 Å². The number of nitrogens with zero attached hydrogens (tertiary/aromatic N) is 1. The van der Waals surface area contributed by atoms with E-state index in [1.54, 1.807) is 16.7 Å². The number of rotatable bonds is 10. The van der Waals surface area contributed by atoms with Crippen molar-refractivity contribution < 1.29 is 24.2 Å². The molecule has 0 fully saturated rings. The maximum atomic E-state index is 12.9. The lowest BCUT2D eigenvalue weighted by molar-refractivity contribution is 0.0147. The summed E-state index contributed by atoms with van der Waals surface area (Å²) in [6.45, 7) is 10.2. The highest BCUT2D eigenvalue weighted by molar-refractivity contribution is 8.00. The van der Waals surface area contributed by atoms with Gasteiger partial charge in [-0.05, 0) is 61.6 Å². The molecule has 3 rings (SSSR count). The van der Waals surface area contributed by atoms with Gasteiger partial charge in [0.15, 0.2) is 0 Å². The van der Waals surface area contributed by atoms with Crippen LogP contribution in [0.25, 0.3) is 11.1 Å². The molecule has 1 atom stereocenters. The number of carbonyl (C=O) groups excluding carboxylic acids is 2. The van der Waals surface area contributed by atoms with Crippen molar-refractivity contribution in [2.24, 2.45) is 0 Å². The van der Waals surface area contributed by atoms with Gasteiger partial charge in [-0.1, -0.05) is 74.5 Å². The molecular formula is C32H39NO5S. The Morgan fingerprint density at radius 1 is 0.949 bits per heavy atom. The molecule has 0 saturated carbocycles. The van der Waals surface area contributed by atoms with Gasteiger partial charge in [-0.3, -0.25) is 0 Å². The number of benzene rings is 3. The quantitative estimate of drug-likeness (QED) is 0.214. The standard InChI is InChI=1S/C32H39NO5S/c1-22(2)39-29-20-26(16-17-27(29)30(35)37-6)24-14-12-23(13-15-24)18-19-33(31(36)38-32(3,4)5)21-28(34)25-10-8-7-9-11-25/h7-17,20,22,28,34H,18-19,21H2,1-6H3. The third-order valence-corrected chi connectivity index (χ3v) is 7.00. The molecule has 6 nitrogen and oxygen atoms in total. The fourth-order valence-electron chi connectivity index (χ4n) is 4.03. The van der Waals surface area contributed by atoms with Crippen molar-refractivity contribution in [3.05, 3.63) is 89.5 Å². The van der Waals surface area contributed by atoms with E-state index in [1.165, 1.54) is 7.11 Å². The fraction of sp³-hybridized carbons (Fsp3) is 0.375. The third kappa shape index (κ3) is 9.15. The second-order valence-corrected chi connectivity index (χ2v) is 12.3. The molecule has 0 spiro atoms. The number of aliphatic hydroxyl groups excluding tert-OH is 1. The summed E-state index contributed by atoms with van der Waals surface area (Å²) in [6.07, 6.45) is -0.654. The van der Waals surface area contributed by atoms with E-state index in [1.807, 2.05) is 93.6 Å². The smallest absolute Gasteiger partial charge is 0.410 e. The lowest BCUT2D eigenvalue weighted by Gasteiger charge is -2.29. The predicted molar refractivity (Wildman–Crippen MR) is 157 cm³/mol. The van der Waals surface area contributed by atoms with Crippen LogP contribution in [0, 0.1) is 0 Å². The zero-order valence-electron chi connectivity index (χ0n) is 23.6. The molecule has 0 radical (unpaired) electrons. The molecule has 1 N–H and O–H groups in total. The zero-order valence-corrected chi connectivity index (χ0v) is 24.5. The van der Waals surface area contributed by atoms with Gasteiger partial charge in [-0.15, -0.1) is 11.8 Å². The second-order valence-electron chi connectivity index (χ2n) is 10.7. The first-order valence-corrected chi connectivity index (χ1v) is 14.0. The fourth-order valence-corrected chi connectivity index (χ4v) is 5.01. The van der Waals surface area contributed by atoms with Crippen molar-refractivity contribution in [3.63, 3.8) is 0 Å². The second kappa shape index (κ2) is 13.7. The first-order valence-electron chi connectivity index (χ1n) is 13.2. The minimum absolute atomic E-state index is 0.139. The van der Waals surface area contributed by atoms with E-state index >= 15 is 0 Å². The summed E-state index contributed by atoms with van der Waals surface area (Å²) in [5, 5.41) is 11.1. The van der Waals surface area contributed by atoms with Crippen LogP contribution in [0.15, 0.2) is 77.7 Å². The Morgan fingerprint density at radius 3 is 2.18 bits per heavy atom. The molecule has 3 aromatic rings. The van der Waals surface area contributed by atoms with E-state index < -0.39 is 17.8 Å². The van der Waals surface area contributed by atoms with Crippen molar-refractivity contribution in [2.75, 3.05) is 20.2 Å². The van der Waals surface area contributed by atoms with Gasteiger partial charge in [0, 0.05) is 16.7 Å². The third-order valence-electron chi connectivity index (χ3n) is 5.94. The molecule has 0 bridgehead atoms. The van der Waals surface area contributed by atoms with Crippen LogP contribution in [0.4, 0.5) is 4.79 Å². The van der Waals surface area contributed by atoms with Gasteiger partial charge in [0.1, 0.15) is 5.60 Å². The van der Waals surface area contributed by atoms with E-state index in [2.05, 4.69) is 13.8 Å². The van der Waals surface area contributed by atoms with Gasteiger partial charge in [-0.25, -0.2) is 9.59 Å².